The van der Waals surface area contributed by atoms with E-state index < -0.39 is 38.5 Å². The highest BCUT2D eigenvalue weighted by Gasteiger charge is 2.37. The molecular formula is C17H15F6IO3S. The van der Waals surface area contributed by atoms with E-state index in [1.807, 2.05) is 22.6 Å². The predicted molar refractivity (Wildman–Crippen MR) is 85.0 cm³/mol. The molecule has 2 aromatic rings. The number of hydrogen-bond acceptors (Lipinski definition) is 3. The fourth-order valence-corrected chi connectivity index (χ4v) is 2.85. The van der Waals surface area contributed by atoms with Crippen molar-refractivity contribution in [3.8, 4) is 0 Å². The Kier molecular flexibility index (Phi) is 7.93. The van der Waals surface area contributed by atoms with Gasteiger partial charge in [-0.2, -0.15) is 26.3 Å². The number of rotatable bonds is 2. The van der Waals surface area contributed by atoms with Crippen molar-refractivity contribution < 1.29 is 61.9 Å². The number of halogens is 7. The highest BCUT2D eigenvalue weighted by molar-refractivity contribution is 7.85. The first-order valence-electron chi connectivity index (χ1n) is 7.54. The van der Waals surface area contributed by atoms with Crippen LogP contribution in [0.3, 0.4) is 0 Å². The van der Waals surface area contributed by atoms with Crippen LogP contribution in [-0.2, 0) is 22.5 Å². The van der Waals surface area contributed by atoms with E-state index in [0.717, 1.165) is 0 Å². The first-order valence-corrected chi connectivity index (χ1v) is 10.1. The Labute approximate surface area is 171 Å². The summed E-state index contributed by atoms with van der Waals surface area (Å²) in [5.74, 6) is 0.654. The molecule has 0 amide bonds. The smallest absolute Gasteiger partial charge is 0.416 e. The summed E-state index contributed by atoms with van der Waals surface area (Å²) >= 11 is 2.05. The van der Waals surface area contributed by atoms with Gasteiger partial charge in [0, 0.05) is 0 Å². The lowest BCUT2D eigenvalue weighted by Crippen LogP contribution is -3.34. The zero-order chi connectivity index (χ0) is 21.9. The molecule has 0 heterocycles. The molecule has 0 atom stereocenters. The average molecular weight is 540 g/mol. The second kappa shape index (κ2) is 8.99. The van der Waals surface area contributed by atoms with Gasteiger partial charge in [0.15, 0.2) is 3.57 Å². The minimum atomic E-state index is -5.42. The molecule has 0 aliphatic heterocycles. The second-order valence-corrected chi connectivity index (χ2v) is 8.64. The second-order valence-electron chi connectivity index (χ2n) is 5.92. The van der Waals surface area contributed by atoms with E-state index in [-0.39, 0.29) is 18.2 Å². The van der Waals surface area contributed by atoms with Crippen LogP contribution in [-0.4, -0.2) is 13.0 Å². The third kappa shape index (κ3) is 7.59. The van der Waals surface area contributed by atoms with Crippen LogP contribution >= 0.6 is 0 Å². The standard InChI is InChI=1S/C9H12I.C8H4F6O3S/c1-7(2)8-3-5-9(10)6-4-8;9-7(10,11)4-1-5(8(12,13)14)3-6(2-4)18(15,16)17/h3-7,10H,1-2H3;1-3H,(H,15,16,17)/q+1;/p-1. The van der Waals surface area contributed by atoms with Crippen molar-refractivity contribution in [2.75, 3.05) is 0 Å². The van der Waals surface area contributed by atoms with E-state index >= 15 is 0 Å². The Hall–Kier alpha value is -1.34. The van der Waals surface area contributed by atoms with Crippen molar-refractivity contribution in [3.05, 3.63) is 62.7 Å². The van der Waals surface area contributed by atoms with E-state index in [0.29, 0.717) is 5.92 Å². The van der Waals surface area contributed by atoms with Gasteiger partial charge in [-0.15, -0.1) is 0 Å². The van der Waals surface area contributed by atoms with E-state index in [1.165, 1.54) is 9.13 Å². The summed E-state index contributed by atoms with van der Waals surface area (Å²) in [5.41, 5.74) is -2.29. The molecule has 0 aliphatic carbocycles. The topological polar surface area (TPSA) is 57.2 Å². The molecular weight excluding hydrogens is 525 g/mol. The van der Waals surface area contributed by atoms with Crippen LogP contribution in [0.15, 0.2) is 47.4 Å². The normalized spacial score (nSPS) is 12.5. The maximum Gasteiger partial charge on any atom is 0.416 e. The van der Waals surface area contributed by atoms with Crippen LogP contribution in [0.1, 0.15) is 36.5 Å². The quantitative estimate of drug-likeness (QED) is 0.333. The highest BCUT2D eigenvalue weighted by atomic mass is 127. The van der Waals surface area contributed by atoms with Crippen LogP contribution in [0.25, 0.3) is 0 Å². The Morgan fingerprint density at radius 3 is 1.54 bits per heavy atom. The molecule has 0 fully saturated rings. The van der Waals surface area contributed by atoms with E-state index in [1.54, 1.807) is 0 Å². The van der Waals surface area contributed by atoms with Gasteiger partial charge >= 0.3 is 12.4 Å². The van der Waals surface area contributed by atoms with Crippen molar-refractivity contribution in [3.63, 3.8) is 0 Å². The van der Waals surface area contributed by atoms with Crippen molar-refractivity contribution in [1.82, 2.24) is 0 Å². The number of benzene rings is 2. The Bertz CT molecular complexity index is 872. The lowest BCUT2D eigenvalue weighted by atomic mass is 10.0. The minimum absolute atomic E-state index is 0.141. The van der Waals surface area contributed by atoms with Crippen molar-refractivity contribution in [2.24, 2.45) is 0 Å². The van der Waals surface area contributed by atoms with Gasteiger partial charge in [-0.05, 0) is 41.8 Å². The summed E-state index contributed by atoms with van der Waals surface area (Å²) in [6.07, 6.45) is -10.4. The third-order valence-electron chi connectivity index (χ3n) is 3.40. The van der Waals surface area contributed by atoms with Crippen molar-refractivity contribution >= 4 is 10.1 Å². The van der Waals surface area contributed by atoms with Crippen LogP contribution in [0.2, 0.25) is 0 Å². The Morgan fingerprint density at radius 1 is 0.857 bits per heavy atom. The van der Waals surface area contributed by atoms with Gasteiger partial charge in [0.25, 0.3) is 22.6 Å². The van der Waals surface area contributed by atoms with E-state index in [9.17, 15) is 39.3 Å². The molecule has 0 aliphatic rings. The number of alkyl halides is 6. The van der Waals surface area contributed by atoms with Crippen LogP contribution in [0, 0.1) is 3.57 Å². The summed E-state index contributed by atoms with van der Waals surface area (Å²) in [5, 5.41) is 0. The molecule has 11 heteroatoms. The summed E-state index contributed by atoms with van der Waals surface area (Å²) < 4.78 is 106. The molecule has 0 bridgehead atoms. The van der Waals surface area contributed by atoms with Gasteiger partial charge in [0.1, 0.15) is 10.1 Å². The third-order valence-corrected chi connectivity index (χ3v) is 4.99. The Balaban J connectivity index is 0.000000330. The summed E-state index contributed by atoms with van der Waals surface area (Å²) in [4.78, 5) is -1.58. The van der Waals surface area contributed by atoms with Gasteiger partial charge in [-0.25, -0.2) is 8.42 Å². The monoisotopic (exact) mass is 540 g/mol. The molecule has 0 unspecified atom stereocenters. The first-order chi connectivity index (χ1) is 12.5. The molecule has 0 aromatic heterocycles. The first kappa shape index (κ1) is 24.7. The van der Waals surface area contributed by atoms with Gasteiger partial charge in [0.05, 0.1) is 16.0 Å². The lowest BCUT2D eigenvalue weighted by molar-refractivity contribution is -0.328. The molecule has 28 heavy (non-hydrogen) atoms. The SMILES string of the molecule is CC(C)c1ccc([IH+])cc1.O=S(=O)([O-])c1cc(C(F)(F)F)cc(C(F)(F)F)c1. The lowest BCUT2D eigenvalue weighted by Gasteiger charge is -2.15. The number of hydrogen-bond donors (Lipinski definition) is 0. The molecule has 0 radical (unpaired) electrons. The molecule has 0 saturated heterocycles. The molecule has 3 nitrogen and oxygen atoms in total. The summed E-state index contributed by atoms with van der Waals surface area (Å²) in [6, 6.07) is 8.18. The zero-order valence-electron chi connectivity index (χ0n) is 14.4. The fraction of sp³-hybridized carbons (Fsp3) is 0.294. The molecule has 2 aromatic carbocycles. The van der Waals surface area contributed by atoms with Crippen LogP contribution in [0.4, 0.5) is 26.3 Å². The molecule has 156 valence electrons. The summed E-state index contributed by atoms with van der Waals surface area (Å²) in [7, 11) is -5.42. The van der Waals surface area contributed by atoms with Crippen molar-refractivity contribution in [2.45, 2.75) is 37.0 Å². The Morgan fingerprint density at radius 2 is 1.25 bits per heavy atom. The summed E-state index contributed by atoms with van der Waals surface area (Å²) in [6.45, 7) is 4.43. The van der Waals surface area contributed by atoms with Gasteiger partial charge < -0.3 is 4.55 Å². The minimum Gasteiger partial charge on any atom is -0.744 e. The van der Waals surface area contributed by atoms with E-state index in [4.69, 9.17) is 0 Å². The van der Waals surface area contributed by atoms with Gasteiger partial charge in [-0.3, -0.25) is 0 Å². The largest absolute Gasteiger partial charge is 0.744 e. The molecule has 0 saturated carbocycles. The molecule has 0 N–H and O–H groups in total. The maximum atomic E-state index is 12.3. The maximum absolute atomic E-state index is 12.3. The van der Waals surface area contributed by atoms with Crippen LogP contribution < -0.4 is 22.6 Å². The predicted octanol–water partition coefficient (Wildman–Crippen LogP) is 1.89. The average Bonchev–Trinajstić information content (AvgIpc) is 2.53. The fourth-order valence-electron chi connectivity index (χ4n) is 1.92. The molecule has 2 rings (SSSR count). The van der Waals surface area contributed by atoms with Gasteiger partial charge in [-0.1, -0.05) is 26.0 Å². The van der Waals surface area contributed by atoms with Crippen molar-refractivity contribution in [1.29, 1.82) is 0 Å². The molecule has 0 spiro atoms. The zero-order valence-corrected chi connectivity index (χ0v) is 17.6. The van der Waals surface area contributed by atoms with Crippen LogP contribution in [0.5, 0.6) is 0 Å². The van der Waals surface area contributed by atoms with E-state index in [2.05, 4.69) is 38.1 Å². The highest BCUT2D eigenvalue weighted by Crippen LogP contribution is 2.37. The van der Waals surface area contributed by atoms with Gasteiger partial charge in [0.2, 0.25) is 0 Å².